The molecule has 0 spiro atoms. The third-order valence-electron chi connectivity index (χ3n) is 4.40. The van der Waals surface area contributed by atoms with E-state index in [1.807, 2.05) is 0 Å². The van der Waals surface area contributed by atoms with E-state index < -0.39 is 38.7 Å². The molecular weight excluding hydrogens is 389 g/mol. The average molecular weight is 413 g/mol. The quantitative estimate of drug-likeness (QED) is 0.740. The molecule has 10 heteroatoms. The van der Waals surface area contributed by atoms with Crippen LogP contribution in [-0.4, -0.2) is 35.6 Å². The number of halogens is 1. The van der Waals surface area contributed by atoms with Gasteiger partial charge in [-0.15, -0.1) is 0 Å². The Morgan fingerprint density at radius 3 is 2.61 bits per heavy atom. The van der Waals surface area contributed by atoms with Crippen molar-refractivity contribution in [1.29, 1.82) is 0 Å². The summed E-state index contributed by atoms with van der Waals surface area (Å²) in [4.78, 5) is 5.13. The molecule has 1 aromatic heterocycles. The van der Waals surface area contributed by atoms with Crippen LogP contribution in [-0.2, 0) is 20.4 Å². The van der Waals surface area contributed by atoms with Crippen molar-refractivity contribution in [3.63, 3.8) is 0 Å². The topological polar surface area (TPSA) is 114 Å². The average Bonchev–Trinajstić information content (AvgIpc) is 3.10. The van der Waals surface area contributed by atoms with Crippen LogP contribution in [0.5, 0.6) is 0 Å². The number of aromatic nitrogens is 1. The zero-order chi connectivity index (χ0) is 20.9. The first kappa shape index (κ1) is 20.5. The standard InChI is InChI=1S/C18H24FN3O5S/c1-17(2,3)16(23)20-12-6-10-13(21-26-14(10)7-11(12)19)9-28(24,25)15-8-18(4,5)27-22-15/h6-7,16,20,23H,8-9H2,1-5H3. The van der Waals surface area contributed by atoms with Gasteiger partial charge >= 0.3 is 0 Å². The fourth-order valence-corrected chi connectivity index (χ4v) is 4.07. The number of sulfone groups is 1. The van der Waals surface area contributed by atoms with Crippen LogP contribution in [0.15, 0.2) is 21.8 Å². The highest BCUT2D eigenvalue weighted by molar-refractivity contribution is 8.05. The summed E-state index contributed by atoms with van der Waals surface area (Å²) in [6.45, 7) is 8.87. The van der Waals surface area contributed by atoms with E-state index in [0.717, 1.165) is 6.07 Å². The predicted octanol–water partition coefficient (Wildman–Crippen LogP) is 3.17. The van der Waals surface area contributed by atoms with Gasteiger partial charge in [0.2, 0.25) is 9.84 Å². The van der Waals surface area contributed by atoms with E-state index >= 15 is 0 Å². The van der Waals surface area contributed by atoms with Gasteiger partial charge in [-0.1, -0.05) is 31.1 Å². The van der Waals surface area contributed by atoms with Gasteiger partial charge < -0.3 is 19.8 Å². The molecule has 3 rings (SSSR count). The number of fused-ring (bicyclic) bond motifs is 1. The normalized spacial score (nSPS) is 18.0. The number of aliphatic hydroxyl groups excluding tert-OH is 1. The monoisotopic (exact) mass is 413 g/mol. The van der Waals surface area contributed by atoms with Crippen LogP contribution in [0.4, 0.5) is 10.1 Å². The summed E-state index contributed by atoms with van der Waals surface area (Å²) in [5, 5.41) is 20.7. The molecule has 1 aliphatic heterocycles. The van der Waals surface area contributed by atoms with Gasteiger partial charge in [-0.25, -0.2) is 12.8 Å². The van der Waals surface area contributed by atoms with E-state index in [2.05, 4.69) is 15.6 Å². The van der Waals surface area contributed by atoms with Crippen molar-refractivity contribution in [2.24, 2.45) is 10.6 Å². The Morgan fingerprint density at radius 2 is 2.04 bits per heavy atom. The van der Waals surface area contributed by atoms with Crippen molar-refractivity contribution >= 4 is 31.5 Å². The SMILES string of the molecule is CC1(C)CC(S(=O)(=O)Cc2noc3cc(F)c(NC(O)C(C)(C)C)cc23)=NO1. The Labute approximate surface area is 162 Å². The number of hydrogen-bond donors (Lipinski definition) is 2. The van der Waals surface area contributed by atoms with Gasteiger partial charge in [0.25, 0.3) is 0 Å². The summed E-state index contributed by atoms with van der Waals surface area (Å²) < 4.78 is 44.8. The van der Waals surface area contributed by atoms with Gasteiger partial charge in [0.1, 0.15) is 29.1 Å². The number of hydrogen-bond acceptors (Lipinski definition) is 8. The third kappa shape index (κ3) is 4.12. The molecule has 28 heavy (non-hydrogen) atoms. The molecule has 8 nitrogen and oxygen atoms in total. The van der Waals surface area contributed by atoms with Crippen LogP contribution in [0.25, 0.3) is 11.0 Å². The van der Waals surface area contributed by atoms with Crippen LogP contribution in [0.1, 0.15) is 46.7 Å². The molecule has 0 aliphatic carbocycles. The summed E-state index contributed by atoms with van der Waals surface area (Å²) in [5.74, 6) is -1.10. The minimum Gasteiger partial charge on any atom is -0.389 e. The van der Waals surface area contributed by atoms with Crippen molar-refractivity contribution in [2.75, 3.05) is 5.32 Å². The summed E-state index contributed by atoms with van der Waals surface area (Å²) in [6, 6.07) is 2.49. The van der Waals surface area contributed by atoms with Crippen LogP contribution >= 0.6 is 0 Å². The van der Waals surface area contributed by atoms with Gasteiger partial charge in [0, 0.05) is 23.3 Å². The van der Waals surface area contributed by atoms with Crippen LogP contribution in [0.3, 0.4) is 0 Å². The molecule has 0 radical (unpaired) electrons. The Bertz CT molecular complexity index is 1040. The van der Waals surface area contributed by atoms with Crippen LogP contribution in [0, 0.1) is 11.2 Å². The number of nitrogens with zero attached hydrogens (tertiary/aromatic N) is 2. The van der Waals surface area contributed by atoms with Crippen molar-refractivity contribution < 1.29 is 27.3 Å². The molecule has 0 bridgehead atoms. The Hall–Kier alpha value is -2.20. The second-order valence-corrected chi connectivity index (χ2v) is 10.6. The number of anilines is 1. The smallest absolute Gasteiger partial charge is 0.200 e. The van der Waals surface area contributed by atoms with E-state index in [9.17, 15) is 17.9 Å². The maximum absolute atomic E-state index is 14.3. The minimum atomic E-state index is -3.78. The number of benzene rings is 1. The molecule has 154 valence electrons. The van der Waals surface area contributed by atoms with Crippen molar-refractivity contribution in [1.82, 2.24) is 5.16 Å². The predicted molar refractivity (Wildman–Crippen MR) is 103 cm³/mol. The summed E-state index contributed by atoms with van der Waals surface area (Å²) in [7, 11) is -3.78. The first-order chi connectivity index (χ1) is 12.8. The van der Waals surface area contributed by atoms with Gasteiger partial charge in [-0.3, -0.25) is 0 Å². The van der Waals surface area contributed by atoms with Crippen molar-refractivity contribution in [2.45, 2.75) is 58.6 Å². The number of rotatable bonds is 4. The van der Waals surface area contributed by atoms with Crippen LogP contribution < -0.4 is 5.32 Å². The molecule has 1 aromatic carbocycles. The van der Waals surface area contributed by atoms with Gasteiger partial charge in [-0.2, -0.15) is 0 Å². The largest absolute Gasteiger partial charge is 0.389 e. The minimum absolute atomic E-state index is 0.0273. The number of aliphatic hydroxyl groups is 1. The summed E-state index contributed by atoms with van der Waals surface area (Å²) in [5.41, 5.74) is -0.939. The second-order valence-electron chi connectivity index (χ2n) is 8.64. The third-order valence-corrected chi connectivity index (χ3v) is 5.99. The Kier molecular flexibility index (Phi) is 4.91. The lowest BCUT2D eigenvalue weighted by molar-refractivity contribution is 0.0123. The lowest BCUT2D eigenvalue weighted by Gasteiger charge is -2.27. The van der Waals surface area contributed by atoms with E-state index in [0.29, 0.717) is 5.39 Å². The Balaban J connectivity index is 1.92. The van der Waals surface area contributed by atoms with E-state index in [1.165, 1.54) is 6.07 Å². The Morgan fingerprint density at radius 1 is 1.36 bits per heavy atom. The van der Waals surface area contributed by atoms with E-state index in [4.69, 9.17) is 9.36 Å². The molecule has 0 fully saturated rings. The lowest BCUT2D eigenvalue weighted by atomic mass is 9.94. The molecule has 1 unspecified atom stereocenters. The molecule has 0 saturated heterocycles. The van der Waals surface area contributed by atoms with Crippen LogP contribution in [0.2, 0.25) is 0 Å². The highest BCUT2D eigenvalue weighted by Crippen LogP contribution is 2.31. The molecule has 1 aliphatic rings. The first-order valence-corrected chi connectivity index (χ1v) is 10.4. The lowest BCUT2D eigenvalue weighted by Crippen LogP contribution is -2.33. The maximum Gasteiger partial charge on any atom is 0.200 e. The summed E-state index contributed by atoms with van der Waals surface area (Å²) in [6.07, 6.45) is -0.858. The molecule has 0 amide bonds. The summed E-state index contributed by atoms with van der Waals surface area (Å²) >= 11 is 0. The second kappa shape index (κ2) is 6.70. The first-order valence-electron chi connectivity index (χ1n) is 8.79. The molecular formula is C18H24FN3O5S. The van der Waals surface area contributed by atoms with Crippen molar-refractivity contribution in [3.05, 3.63) is 23.6 Å². The maximum atomic E-state index is 14.3. The molecule has 0 saturated carbocycles. The van der Waals surface area contributed by atoms with Crippen molar-refractivity contribution in [3.8, 4) is 0 Å². The molecule has 2 heterocycles. The van der Waals surface area contributed by atoms with Gasteiger partial charge in [-0.05, 0) is 19.9 Å². The number of oxime groups is 1. The fourth-order valence-electron chi connectivity index (χ4n) is 2.62. The molecule has 1 atom stereocenters. The zero-order valence-corrected chi connectivity index (χ0v) is 17.2. The van der Waals surface area contributed by atoms with Gasteiger partial charge in [0.05, 0.1) is 5.69 Å². The van der Waals surface area contributed by atoms with E-state index in [1.54, 1.807) is 34.6 Å². The highest BCUT2D eigenvalue weighted by Gasteiger charge is 2.36. The zero-order valence-electron chi connectivity index (χ0n) is 16.4. The molecule has 2 aromatic rings. The van der Waals surface area contributed by atoms with E-state index in [-0.39, 0.29) is 28.4 Å². The molecule has 2 N–H and O–H groups in total. The van der Waals surface area contributed by atoms with Gasteiger partial charge in [0.15, 0.2) is 10.6 Å². The number of nitrogens with one attached hydrogen (secondary N) is 1. The fraction of sp³-hybridized carbons (Fsp3) is 0.556. The highest BCUT2D eigenvalue weighted by atomic mass is 32.2.